The van der Waals surface area contributed by atoms with E-state index >= 15 is 0 Å². The Morgan fingerprint density at radius 1 is 0.900 bits per heavy atom. The molecular weight excluding hydrogens is 490 g/mol. The van der Waals surface area contributed by atoms with Crippen molar-refractivity contribution in [3.8, 4) is 0 Å². The van der Waals surface area contributed by atoms with E-state index in [2.05, 4.69) is 66.3 Å². The first-order valence-electron chi connectivity index (χ1n) is 16.1. The van der Waals surface area contributed by atoms with Crippen molar-refractivity contribution in [1.82, 2.24) is 0 Å². The number of allylic oxidation sites excluding steroid dienone is 3. The zero-order valence-corrected chi connectivity index (χ0v) is 26.2. The number of carbonyl (C=O) groups is 1. The molecule has 1 aromatic rings. The molecule has 3 nitrogen and oxygen atoms in total. The Balaban J connectivity index is 1.34. The number of benzene rings is 1. The molecule has 0 aromatic heterocycles. The molecule has 2 N–H and O–H groups in total. The number of hydrogen-bond donors (Lipinski definition) is 1. The number of hydrogen-bond acceptors (Lipinski definition) is 3. The third-order valence-electron chi connectivity index (χ3n) is 14.3. The summed E-state index contributed by atoms with van der Waals surface area (Å²) in [5, 5.41) is 0. The van der Waals surface area contributed by atoms with Gasteiger partial charge in [-0.25, -0.2) is 4.79 Å². The van der Waals surface area contributed by atoms with Crippen molar-refractivity contribution in [3.05, 3.63) is 53.6 Å². The second-order valence-electron chi connectivity index (χ2n) is 16.0. The van der Waals surface area contributed by atoms with E-state index in [1.807, 2.05) is 12.1 Å². The van der Waals surface area contributed by atoms with E-state index in [9.17, 15) is 4.79 Å². The highest BCUT2D eigenvalue weighted by atomic mass is 16.5. The Morgan fingerprint density at radius 3 is 2.25 bits per heavy atom. The van der Waals surface area contributed by atoms with Crippen LogP contribution in [0.3, 0.4) is 0 Å². The average molecular weight is 544 g/mol. The predicted molar refractivity (Wildman–Crippen MR) is 165 cm³/mol. The Hall–Kier alpha value is -1.87. The molecule has 0 bridgehead atoms. The highest BCUT2D eigenvalue weighted by molar-refractivity contribution is 5.89. The van der Waals surface area contributed by atoms with Gasteiger partial charge in [0.15, 0.2) is 0 Å². The van der Waals surface area contributed by atoms with Crippen LogP contribution in [0.5, 0.6) is 0 Å². The maximum absolute atomic E-state index is 12.0. The van der Waals surface area contributed by atoms with E-state index in [4.69, 9.17) is 10.5 Å². The summed E-state index contributed by atoms with van der Waals surface area (Å²) in [7, 11) is 1.45. The summed E-state index contributed by atoms with van der Waals surface area (Å²) in [6, 6.07) is 8.10. The Labute approximate surface area is 243 Å². The van der Waals surface area contributed by atoms with Crippen LogP contribution in [-0.2, 0) is 4.74 Å². The summed E-state index contributed by atoms with van der Waals surface area (Å²) in [5.74, 6) is 3.03. The fraction of sp³-hybridized carbons (Fsp3) is 0.703. The van der Waals surface area contributed by atoms with Crippen molar-refractivity contribution in [2.24, 2.45) is 57.0 Å². The zero-order chi connectivity index (χ0) is 28.9. The maximum atomic E-state index is 12.0. The summed E-state index contributed by atoms with van der Waals surface area (Å²) in [6.07, 6.45) is 13.9. The lowest BCUT2D eigenvalue weighted by molar-refractivity contribution is -0.217. The van der Waals surface area contributed by atoms with E-state index in [0.29, 0.717) is 45.5 Å². The number of nitrogens with two attached hydrogens (primary N) is 1. The summed E-state index contributed by atoms with van der Waals surface area (Å²) < 4.78 is 4.93. The monoisotopic (exact) mass is 543 g/mol. The second kappa shape index (κ2) is 9.06. The van der Waals surface area contributed by atoms with Gasteiger partial charge in [0.1, 0.15) is 0 Å². The normalized spacial score (nSPS) is 45.3. The third kappa shape index (κ3) is 3.61. The van der Waals surface area contributed by atoms with Crippen LogP contribution >= 0.6 is 0 Å². The topological polar surface area (TPSA) is 52.3 Å². The van der Waals surface area contributed by atoms with Crippen molar-refractivity contribution in [2.45, 2.75) is 105 Å². The molecule has 9 atom stereocenters. The molecule has 3 heteroatoms. The minimum Gasteiger partial charge on any atom is -0.465 e. The van der Waals surface area contributed by atoms with Gasteiger partial charge in [-0.1, -0.05) is 65.0 Å². The molecule has 0 aliphatic heterocycles. The van der Waals surface area contributed by atoms with Gasteiger partial charge in [0, 0.05) is 5.54 Å². The third-order valence-corrected chi connectivity index (χ3v) is 14.3. The standard InChI is InChI=1S/C37H53NO2/c1-23(2)26-15-20-37(38)22-21-35(6)28(31(26)37)13-14-30-34(5)18-16-27(24-9-11-25(12-10-24)32(39)40-8)33(3,4)29(34)17-19-36(30,35)7/h9-12,16,26,28-31H,1,13-15,17-22,38H2,2-8H3/t26-,28+,29-,30+,31+,34?,35+,36+,37-/m0/s1. The number of methoxy groups -OCH3 is 1. The molecule has 0 heterocycles. The number of carbonyl (C=O) groups excluding carboxylic acids is 1. The first-order chi connectivity index (χ1) is 18.7. The molecule has 40 heavy (non-hydrogen) atoms. The Bertz CT molecular complexity index is 1240. The number of esters is 1. The summed E-state index contributed by atoms with van der Waals surface area (Å²) >= 11 is 0. The van der Waals surface area contributed by atoms with Gasteiger partial charge >= 0.3 is 5.97 Å². The van der Waals surface area contributed by atoms with E-state index in [1.165, 1.54) is 75.2 Å². The summed E-state index contributed by atoms with van der Waals surface area (Å²) in [5.41, 5.74) is 13.0. The van der Waals surface area contributed by atoms with Gasteiger partial charge in [-0.05, 0) is 139 Å². The molecule has 4 saturated carbocycles. The van der Waals surface area contributed by atoms with Gasteiger partial charge in [0.25, 0.3) is 0 Å². The largest absolute Gasteiger partial charge is 0.465 e. The van der Waals surface area contributed by atoms with Crippen molar-refractivity contribution in [3.63, 3.8) is 0 Å². The van der Waals surface area contributed by atoms with E-state index < -0.39 is 0 Å². The van der Waals surface area contributed by atoms with Gasteiger partial charge < -0.3 is 10.5 Å². The van der Waals surface area contributed by atoms with Crippen LogP contribution < -0.4 is 5.73 Å². The molecule has 1 aromatic carbocycles. The molecule has 5 aliphatic rings. The molecule has 6 rings (SSSR count). The molecule has 4 fully saturated rings. The Morgan fingerprint density at radius 2 is 1.60 bits per heavy atom. The van der Waals surface area contributed by atoms with Crippen molar-refractivity contribution >= 4 is 11.5 Å². The van der Waals surface area contributed by atoms with Crippen molar-refractivity contribution in [2.75, 3.05) is 7.11 Å². The smallest absolute Gasteiger partial charge is 0.337 e. The first kappa shape index (κ1) is 28.3. The first-order valence-corrected chi connectivity index (χ1v) is 16.1. The van der Waals surface area contributed by atoms with Crippen molar-refractivity contribution in [1.29, 1.82) is 0 Å². The quantitative estimate of drug-likeness (QED) is 0.306. The van der Waals surface area contributed by atoms with E-state index in [0.717, 1.165) is 12.3 Å². The van der Waals surface area contributed by atoms with Crippen LogP contribution in [0.25, 0.3) is 5.57 Å². The van der Waals surface area contributed by atoms with Crippen LogP contribution in [0.4, 0.5) is 0 Å². The van der Waals surface area contributed by atoms with E-state index in [-0.39, 0.29) is 16.9 Å². The molecule has 1 unspecified atom stereocenters. The van der Waals surface area contributed by atoms with Gasteiger partial charge in [0.2, 0.25) is 0 Å². The molecule has 0 spiro atoms. The molecule has 0 amide bonds. The minimum atomic E-state index is -0.270. The highest BCUT2D eigenvalue weighted by Crippen LogP contribution is 2.76. The number of rotatable bonds is 3. The van der Waals surface area contributed by atoms with Gasteiger partial charge in [-0.2, -0.15) is 0 Å². The average Bonchev–Trinajstić information content (AvgIpc) is 3.26. The lowest BCUT2D eigenvalue weighted by atomic mass is 9.33. The van der Waals surface area contributed by atoms with Crippen molar-refractivity contribution < 1.29 is 9.53 Å². The van der Waals surface area contributed by atoms with E-state index in [1.54, 1.807) is 0 Å². The van der Waals surface area contributed by atoms with Crippen LogP contribution in [0.15, 0.2) is 42.5 Å². The molecule has 0 saturated heterocycles. The maximum Gasteiger partial charge on any atom is 0.337 e. The lowest BCUT2D eigenvalue weighted by Gasteiger charge is -2.72. The van der Waals surface area contributed by atoms with Crippen LogP contribution in [0, 0.1) is 51.2 Å². The van der Waals surface area contributed by atoms with Gasteiger partial charge in [-0.15, -0.1) is 0 Å². The number of ether oxygens (including phenoxy) is 1. The molecular formula is C37H53NO2. The second-order valence-corrected chi connectivity index (χ2v) is 16.0. The molecule has 5 aliphatic carbocycles. The Kier molecular flexibility index (Phi) is 6.40. The summed E-state index contributed by atoms with van der Waals surface area (Å²) in [4.78, 5) is 12.0. The van der Waals surface area contributed by atoms with Crippen LogP contribution in [0.2, 0.25) is 0 Å². The van der Waals surface area contributed by atoms with Crippen LogP contribution in [0.1, 0.15) is 115 Å². The lowest BCUT2D eigenvalue weighted by Crippen LogP contribution is -2.67. The predicted octanol–water partition coefficient (Wildman–Crippen LogP) is 8.84. The molecule has 218 valence electrons. The molecule has 0 radical (unpaired) electrons. The fourth-order valence-corrected chi connectivity index (χ4v) is 12.2. The van der Waals surface area contributed by atoms with Crippen LogP contribution in [-0.4, -0.2) is 18.6 Å². The van der Waals surface area contributed by atoms with Gasteiger partial charge in [0.05, 0.1) is 12.7 Å². The zero-order valence-electron chi connectivity index (χ0n) is 26.2. The van der Waals surface area contributed by atoms with Gasteiger partial charge in [-0.3, -0.25) is 0 Å². The minimum absolute atomic E-state index is 0.0198. The number of fused-ring (bicyclic) bond motifs is 7. The summed E-state index contributed by atoms with van der Waals surface area (Å²) in [6.45, 7) is 19.8. The highest BCUT2D eigenvalue weighted by Gasteiger charge is 2.70. The fourth-order valence-electron chi connectivity index (χ4n) is 12.2. The SMILES string of the molecule is C=C(C)[C@@H]1CC[C@]2(N)CC[C@]3(C)[C@H](CC[C@@H]4C5(C)CC=C(c6ccc(C(=O)OC)cc6)C(C)(C)[C@@H]5CC[C@]43C)[C@@H]12.